The number of aliphatic hydroxyl groups is 1. The molecule has 0 aliphatic carbocycles. The molecule has 2 bridgehead atoms. The smallest absolute Gasteiger partial charge is 0.312 e. The van der Waals surface area contributed by atoms with Crippen LogP contribution in [0.25, 0.3) is 0 Å². The zero-order valence-electron chi connectivity index (χ0n) is 20.2. The molecule has 3 fully saturated rings. The van der Waals surface area contributed by atoms with E-state index in [1.165, 1.54) is 4.90 Å². The van der Waals surface area contributed by atoms with E-state index in [0.717, 1.165) is 11.1 Å². The Kier molecular flexibility index (Phi) is 6.83. The zero-order valence-corrected chi connectivity index (χ0v) is 21.8. The third kappa shape index (κ3) is 3.67. The van der Waals surface area contributed by atoms with Crippen LogP contribution in [0.4, 0.5) is 5.69 Å². The highest BCUT2D eigenvalue weighted by atomic mass is 79.9. The van der Waals surface area contributed by atoms with Gasteiger partial charge in [0, 0.05) is 10.5 Å². The van der Waals surface area contributed by atoms with E-state index in [1.54, 1.807) is 6.92 Å². The number of nitrogens with one attached hydrogen (secondary N) is 1. The maximum Gasteiger partial charge on any atom is 0.312 e. The second-order valence-electron chi connectivity index (χ2n) is 9.91. The maximum absolute atomic E-state index is 14.0. The number of carbonyl (C=O) groups excluding carboxylic acids is 3. The number of hydrogen-bond acceptors (Lipinski definition) is 6. The van der Waals surface area contributed by atoms with Crippen LogP contribution in [-0.4, -0.2) is 69.6 Å². The first-order chi connectivity index (χ1) is 16.1. The summed E-state index contributed by atoms with van der Waals surface area (Å²) in [6.07, 6.45) is -0.154. The van der Waals surface area contributed by atoms with Crippen molar-refractivity contribution in [2.24, 2.45) is 17.8 Å². The van der Waals surface area contributed by atoms with Crippen LogP contribution in [0.1, 0.15) is 38.3 Å². The van der Waals surface area contributed by atoms with Gasteiger partial charge >= 0.3 is 5.97 Å². The SMILES string of the molecule is CCOC(=O)[C@H]1[C@@H]2OC3(CC2Br)C(C(=O)Nc2c(C)cccc2C)N([C@@H](CO)C(C)C)C(=O)[C@H]13. The second kappa shape index (κ2) is 9.24. The second-order valence-corrected chi connectivity index (χ2v) is 11.1. The summed E-state index contributed by atoms with van der Waals surface area (Å²) in [7, 11) is 0. The summed E-state index contributed by atoms with van der Waals surface area (Å²) in [4.78, 5) is 42.1. The van der Waals surface area contributed by atoms with Gasteiger partial charge in [0.2, 0.25) is 11.8 Å². The van der Waals surface area contributed by atoms with Crippen LogP contribution in [0.2, 0.25) is 0 Å². The number of nitrogens with zero attached hydrogens (tertiary/aromatic N) is 1. The molecule has 1 spiro atoms. The molecule has 0 saturated carbocycles. The van der Waals surface area contributed by atoms with Gasteiger partial charge in [0.25, 0.3) is 0 Å². The number of aliphatic hydroxyl groups excluding tert-OH is 1. The summed E-state index contributed by atoms with van der Waals surface area (Å²) in [6.45, 7) is 9.23. The number of alkyl halides is 1. The number of benzene rings is 1. The highest BCUT2D eigenvalue weighted by Gasteiger charge is 2.77. The largest absolute Gasteiger partial charge is 0.466 e. The lowest BCUT2D eigenvalue weighted by Gasteiger charge is -2.38. The molecular weight excluding hydrogens is 504 g/mol. The number of hydrogen-bond donors (Lipinski definition) is 2. The summed E-state index contributed by atoms with van der Waals surface area (Å²) >= 11 is 3.63. The summed E-state index contributed by atoms with van der Waals surface area (Å²) in [5.41, 5.74) is 1.31. The summed E-state index contributed by atoms with van der Waals surface area (Å²) in [5, 5.41) is 13.3. The van der Waals surface area contributed by atoms with Gasteiger partial charge in [0.15, 0.2) is 0 Å². The van der Waals surface area contributed by atoms with Crippen molar-refractivity contribution in [3.63, 3.8) is 0 Å². The molecule has 3 saturated heterocycles. The Bertz CT molecular complexity index is 979. The predicted molar refractivity (Wildman–Crippen MR) is 129 cm³/mol. The van der Waals surface area contributed by atoms with Gasteiger partial charge in [-0.15, -0.1) is 0 Å². The fourth-order valence-corrected chi connectivity index (χ4v) is 7.00. The van der Waals surface area contributed by atoms with Gasteiger partial charge in [-0.1, -0.05) is 48.0 Å². The van der Waals surface area contributed by atoms with Gasteiger partial charge in [0.1, 0.15) is 11.6 Å². The minimum Gasteiger partial charge on any atom is -0.466 e. The van der Waals surface area contributed by atoms with Crippen LogP contribution in [-0.2, 0) is 23.9 Å². The molecule has 186 valence electrons. The fourth-order valence-electron chi connectivity index (χ4n) is 6.06. The lowest BCUT2D eigenvalue weighted by molar-refractivity contribution is -0.155. The Labute approximate surface area is 208 Å². The average molecular weight is 537 g/mol. The van der Waals surface area contributed by atoms with Crippen LogP contribution >= 0.6 is 15.9 Å². The molecule has 0 aromatic heterocycles. The van der Waals surface area contributed by atoms with Crippen LogP contribution in [0.15, 0.2) is 18.2 Å². The molecule has 3 aliphatic rings. The van der Waals surface area contributed by atoms with E-state index in [1.807, 2.05) is 45.9 Å². The number of esters is 1. The topological polar surface area (TPSA) is 105 Å². The van der Waals surface area contributed by atoms with Crippen molar-refractivity contribution >= 4 is 39.4 Å². The molecule has 1 aromatic rings. The van der Waals surface area contributed by atoms with E-state index in [4.69, 9.17) is 9.47 Å². The minimum atomic E-state index is -1.18. The Morgan fingerprint density at radius 3 is 2.53 bits per heavy atom. The van der Waals surface area contributed by atoms with E-state index in [-0.39, 0.29) is 35.8 Å². The number of para-hydroxylation sites is 1. The van der Waals surface area contributed by atoms with Gasteiger partial charge < -0.3 is 24.8 Å². The van der Waals surface area contributed by atoms with Crippen molar-refractivity contribution in [3.8, 4) is 0 Å². The molecule has 4 rings (SSSR count). The molecule has 9 heteroatoms. The maximum atomic E-state index is 14.0. The number of amides is 2. The van der Waals surface area contributed by atoms with Crippen LogP contribution in [0.5, 0.6) is 0 Å². The van der Waals surface area contributed by atoms with Gasteiger partial charge in [-0.3, -0.25) is 14.4 Å². The van der Waals surface area contributed by atoms with E-state index >= 15 is 0 Å². The van der Waals surface area contributed by atoms with Gasteiger partial charge in [-0.05, 0) is 44.2 Å². The van der Waals surface area contributed by atoms with Crippen molar-refractivity contribution < 1.29 is 29.0 Å². The van der Waals surface area contributed by atoms with Crippen LogP contribution < -0.4 is 5.32 Å². The molecule has 3 unspecified atom stereocenters. The number of halogens is 1. The Morgan fingerprint density at radius 2 is 1.97 bits per heavy atom. The molecule has 0 radical (unpaired) electrons. The normalized spacial score (nSPS) is 32.8. The Morgan fingerprint density at radius 1 is 1.32 bits per heavy atom. The molecule has 2 amide bonds. The Hall–Kier alpha value is -1.97. The highest BCUT2D eigenvalue weighted by Crippen LogP contribution is 2.60. The summed E-state index contributed by atoms with van der Waals surface area (Å²) < 4.78 is 11.7. The van der Waals surface area contributed by atoms with Crippen molar-refractivity contribution in [3.05, 3.63) is 29.3 Å². The molecule has 2 N–H and O–H groups in total. The third-order valence-corrected chi connectivity index (χ3v) is 8.42. The number of likely N-dealkylation sites (tertiary alicyclic amines) is 1. The van der Waals surface area contributed by atoms with E-state index in [2.05, 4.69) is 21.2 Å². The predicted octanol–water partition coefficient (Wildman–Crippen LogP) is 2.57. The average Bonchev–Trinajstić information content (AvgIpc) is 3.35. The van der Waals surface area contributed by atoms with E-state index < -0.39 is 41.6 Å². The standard InChI is InChI=1S/C25H33BrN2O6/c1-6-33-24(32)17-18-23(31)28(16(11-29)12(2)3)21(25(18)10-15(26)20(17)34-25)22(30)27-19-13(4)8-7-9-14(19)5/h7-9,12,15-18,20-21,29H,6,10-11H2,1-5H3,(H,27,30)/t15?,16-,17+,18-,20+,21?,25?/m0/s1. The fraction of sp³-hybridized carbons (Fsp3) is 0.640. The number of fused-ring (bicyclic) bond motifs is 1. The van der Waals surface area contributed by atoms with Gasteiger partial charge in [-0.25, -0.2) is 0 Å². The van der Waals surface area contributed by atoms with Crippen molar-refractivity contribution in [2.75, 3.05) is 18.5 Å². The summed E-state index contributed by atoms with van der Waals surface area (Å²) in [5.74, 6) is -2.97. The first-order valence-corrected chi connectivity index (χ1v) is 12.8. The quantitative estimate of drug-likeness (QED) is 0.409. The molecule has 3 aliphatic heterocycles. The molecule has 1 aromatic carbocycles. The number of rotatable bonds is 7. The number of anilines is 1. The van der Waals surface area contributed by atoms with Crippen LogP contribution in [0.3, 0.4) is 0 Å². The monoisotopic (exact) mass is 536 g/mol. The van der Waals surface area contributed by atoms with Gasteiger partial charge in [-0.2, -0.15) is 0 Å². The highest BCUT2D eigenvalue weighted by molar-refractivity contribution is 9.09. The lowest BCUT2D eigenvalue weighted by Crippen LogP contribution is -2.57. The summed E-state index contributed by atoms with van der Waals surface area (Å²) in [6, 6.07) is 4.15. The van der Waals surface area contributed by atoms with Crippen molar-refractivity contribution in [1.29, 1.82) is 0 Å². The van der Waals surface area contributed by atoms with Crippen molar-refractivity contribution in [2.45, 2.75) is 69.7 Å². The van der Waals surface area contributed by atoms with Gasteiger partial charge in [0.05, 0.1) is 37.2 Å². The zero-order chi connectivity index (χ0) is 24.9. The molecule has 34 heavy (non-hydrogen) atoms. The number of ether oxygens (including phenoxy) is 2. The Balaban J connectivity index is 1.81. The first-order valence-electron chi connectivity index (χ1n) is 11.9. The third-order valence-electron chi connectivity index (χ3n) is 7.58. The van der Waals surface area contributed by atoms with E-state index in [0.29, 0.717) is 12.1 Å². The lowest BCUT2D eigenvalue weighted by atomic mass is 9.70. The van der Waals surface area contributed by atoms with Crippen molar-refractivity contribution in [1.82, 2.24) is 4.90 Å². The number of aryl methyl sites for hydroxylation is 2. The minimum absolute atomic E-state index is 0.113. The first kappa shape index (κ1) is 25.1. The molecule has 7 atom stereocenters. The van der Waals surface area contributed by atoms with E-state index in [9.17, 15) is 19.5 Å². The molecule has 8 nitrogen and oxygen atoms in total. The molecule has 3 heterocycles. The molecular formula is C25H33BrN2O6. The van der Waals surface area contributed by atoms with Crippen LogP contribution in [0, 0.1) is 31.6 Å². The number of carbonyl (C=O) groups is 3.